The normalized spacial score (nSPS) is 25.2. The molecule has 0 heterocycles. The molecule has 0 amide bonds. The van der Waals surface area contributed by atoms with Crippen LogP contribution in [0.15, 0.2) is 36.4 Å². The highest BCUT2D eigenvalue weighted by molar-refractivity contribution is 5.28. The molecule has 1 spiro atoms. The molecule has 0 aliphatic heterocycles. The summed E-state index contributed by atoms with van der Waals surface area (Å²) in [4.78, 5) is 0. The number of rotatable bonds is 3. The maximum Gasteiger partial charge on any atom is 0.123 e. The van der Waals surface area contributed by atoms with Gasteiger partial charge < -0.3 is 4.74 Å². The summed E-state index contributed by atoms with van der Waals surface area (Å²) >= 11 is 0. The maximum atomic E-state index is 12.7. The summed E-state index contributed by atoms with van der Waals surface area (Å²) in [5.41, 5.74) is 1.47. The van der Waals surface area contributed by atoms with Crippen LogP contribution in [-0.4, -0.2) is 6.10 Å². The van der Waals surface area contributed by atoms with Crippen LogP contribution in [0.1, 0.15) is 24.8 Å². The Bertz CT molecular complexity index is 401. The summed E-state index contributed by atoms with van der Waals surface area (Å²) in [6, 6.07) is 6.54. The number of benzene rings is 1. The topological polar surface area (TPSA) is 9.23 Å². The molecule has 16 heavy (non-hydrogen) atoms. The van der Waals surface area contributed by atoms with Gasteiger partial charge in [0.15, 0.2) is 0 Å². The van der Waals surface area contributed by atoms with E-state index in [4.69, 9.17) is 4.74 Å². The summed E-state index contributed by atoms with van der Waals surface area (Å²) < 4.78 is 18.5. The Morgan fingerprint density at radius 3 is 2.62 bits per heavy atom. The predicted molar refractivity (Wildman–Crippen MR) is 60.4 cm³/mol. The molecule has 1 fully saturated rings. The smallest absolute Gasteiger partial charge is 0.123 e. The van der Waals surface area contributed by atoms with Crippen molar-refractivity contribution in [3.05, 3.63) is 47.8 Å². The third-order valence-electron chi connectivity index (χ3n) is 3.58. The monoisotopic (exact) mass is 218 g/mol. The number of halogens is 1. The predicted octanol–water partition coefficient (Wildman–Crippen LogP) is 3.45. The highest BCUT2D eigenvalue weighted by atomic mass is 19.1. The summed E-state index contributed by atoms with van der Waals surface area (Å²) in [5, 5.41) is 0. The first kappa shape index (κ1) is 10.0. The summed E-state index contributed by atoms with van der Waals surface area (Å²) in [6.07, 6.45) is 8.46. The van der Waals surface area contributed by atoms with Crippen molar-refractivity contribution in [3.8, 4) is 0 Å². The molecule has 1 atom stereocenters. The lowest BCUT2D eigenvalue weighted by Gasteiger charge is -2.12. The van der Waals surface area contributed by atoms with Crippen LogP contribution in [0.25, 0.3) is 0 Å². The second-order valence-corrected chi connectivity index (χ2v) is 4.87. The van der Waals surface area contributed by atoms with E-state index < -0.39 is 0 Å². The van der Waals surface area contributed by atoms with Gasteiger partial charge in [-0.2, -0.15) is 0 Å². The van der Waals surface area contributed by atoms with Crippen molar-refractivity contribution in [2.24, 2.45) is 5.41 Å². The van der Waals surface area contributed by atoms with Crippen LogP contribution in [0.3, 0.4) is 0 Å². The highest BCUT2D eigenvalue weighted by Gasteiger charge is 2.42. The van der Waals surface area contributed by atoms with E-state index in [0.29, 0.717) is 18.1 Å². The molecule has 2 heteroatoms. The Kier molecular flexibility index (Phi) is 2.32. The molecule has 0 radical (unpaired) electrons. The van der Waals surface area contributed by atoms with E-state index in [-0.39, 0.29) is 5.82 Å². The second-order valence-electron chi connectivity index (χ2n) is 4.87. The quantitative estimate of drug-likeness (QED) is 0.706. The molecule has 0 saturated heterocycles. The molecule has 1 aromatic rings. The number of hydrogen-bond acceptors (Lipinski definition) is 1. The van der Waals surface area contributed by atoms with E-state index in [1.807, 2.05) is 0 Å². The minimum absolute atomic E-state index is 0.189. The van der Waals surface area contributed by atoms with E-state index >= 15 is 0 Å². The van der Waals surface area contributed by atoms with Crippen LogP contribution in [0, 0.1) is 11.2 Å². The van der Waals surface area contributed by atoms with Crippen LogP contribution >= 0.6 is 0 Å². The zero-order chi connectivity index (χ0) is 11.0. The zero-order valence-electron chi connectivity index (χ0n) is 9.16. The minimum atomic E-state index is -0.189. The van der Waals surface area contributed by atoms with Gasteiger partial charge in [-0.05, 0) is 37.0 Å². The number of allylic oxidation sites excluding steroid dienone is 2. The fourth-order valence-corrected chi connectivity index (χ4v) is 2.42. The zero-order valence-corrected chi connectivity index (χ0v) is 9.16. The Labute approximate surface area is 94.9 Å². The minimum Gasteiger partial charge on any atom is -0.373 e. The van der Waals surface area contributed by atoms with Gasteiger partial charge in [0, 0.05) is 5.41 Å². The number of ether oxygens (including phenoxy) is 1. The standard InChI is InChI=1S/C14H15FO/c15-12-3-1-11(2-4-12)10-16-13-5-6-14(9-13)7-8-14/h1-4,7-8,13H,5-6,9-10H2. The Hall–Kier alpha value is -1.15. The fourth-order valence-electron chi connectivity index (χ4n) is 2.42. The molecule has 84 valence electrons. The molecule has 1 aromatic carbocycles. The first-order valence-electron chi connectivity index (χ1n) is 5.82. The first-order valence-corrected chi connectivity index (χ1v) is 5.82. The number of hydrogen-bond donors (Lipinski definition) is 0. The van der Waals surface area contributed by atoms with Gasteiger partial charge in [0.25, 0.3) is 0 Å². The van der Waals surface area contributed by atoms with Gasteiger partial charge in [0.2, 0.25) is 0 Å². The van der Waals surface area contributed by atoms with Crippen molar-refractivity contribution in [2.45, 2.75) is 32.0 Å². The lowest BCUT2D eigenvalue weighted by Crippen LogP contribution is -2.09. The van der Waals surface area contributed by atoms with Gasteiger partial charge in [-0.25, -0.2) is 4.39 Å². The van der Waals surface area contributed by atoms with Crippen molar-refractivity contribution < 1.29 is 9.13 Å². The van der Waals surface area contributed by atoms with E-state index in [1.54, 1.807) is 12.1 Å². The molecule has 1 unspecified atom stereocenters. The first-order chi connectivity index (χ1) is 7.76. The van der Waals surface area contributed by atoms with Gasteiger partial charge in [-0.1, -0.05) is 24.3 Å². The van der Waals surface area contributed by atoms with Crippen molar-refractivity contribution in [2.75, 3.05) is 0 Å². The molecule has 3 rings (SSSR count). The third kappa shape index (κ3) is 2.03. The lowest BCUT2D eigenvalue weighted by atomic mass is 10.0. The third-order valence-corrected chi connectivity index (χ3v) is 3.58. The summed E-state index contributed by atoms with van der Waals surface area (Å²) in [7, 11) is 0. The largest absolute Gasteiger partial charge is 0.373 e. The van der Waals surface area contributed by atoms with Crippen LogP contribution in [0.2, 0.25) is 0 Å². The van der Waals surface area contributed by atoms with E-state index in [1.165, 1.54) is 18.6 Å². The van der Waals surface area contributed by atoms with Gasteiger partial charge in [-0.15, -0.1) is 0 Å². The molecule has 2 aliphatic rings. The van der Waals surface area contributed by atoms with E-state index in [2.05, 4.69) is 12.2 Å². The lowest BCUT2D eigenvalue weighted by molar-refractivity contribution is 0.0429. The maximum absolute atomic E-state index is 12.7. The molecule has 1 nitrogen and oxygen atoms in total. The van der Waals surface area contributed by atoms with E-state index in [0.717, 1.165) is 18.4 Å². The molecular weight excluding hydrogens is 203 g/mol. The van der Waals surface area contributed by atoms with E-state index in [9.17, 15) is 4.39 Å². The molecular formula is C14H15FO. The van der Waals surface area contributed by atoms with Gasteiger partial charge >= 0.3 is 0 Å². The molecule has 1 saturated carbocycles. The average molecular weight is 218 g/mol. The average Bonchev–Trinajstić information content (AvgIpc) is 2.91. The molecule has 2 aliphatic carbocycles. The second kappa shape index (κ2) is 3.70. The summed E-state index contributed by atoms with van der Waals surface area (Å²) in [6.45, 7) is 0.598. The highest BCUT2D eigenvalue weighted by Crippen LogP contribution is 2.50. The van der Waals surface area contributed by atoms with Crippen molar-refractivity contribution in [3.63, 3.8) is 0 Å². The molecule has 0 N–H and O–H groups in total. The van der Waals surface area contributed by atoms with Crippen molar-refractivity contribution >= 4 is 0 Å². The van der Waals surface area contributed by atoms with Gasteiger partial charge in [-0.3, -0.25) is 0 Å². The van der Waals surface area contributed by atoms with Crippen LogP contribution in [-0.2, 0) is 11.3 Å². The van der Waals surface area contributed by atoms with Crippen LogP contribution in [0.4, 0.5) is 4.39 Å². The SMILES string of the molecule is Fc1ccc(COC2CCC3(C=C3)C2)cc1. The molecule has 0 aromatic heterocycles. The Morgan fingerprint density at radius 2 is 2.00 bits per heavy atom. The van der Waals surface area contributed by atoms with Gasteiger partial charge in [0.1, 0.15) is 5.82 Å². The molecule has 0 bridgehead atoms. The van der Waals surface area contributed by atoms with Crippen LogP contribution < -0.4 is 0 Å². The summed E-state index contributed by atoms with van der Waals surface area (Å²) in [5.74, 6) is -0.189. The fraction of sp³-hybridized carbons (Fsp3) is 0.429. The Balaban J connectivity index is 1.51. The van der Waals surface area contributed by atoms with Crippen molar-refractivity contribution in [1.29, 1.82) is 0 Å². The van der Waals surface area contributed by atoms with Crippen LogP contribution in [0.5, 0.6) is 0 Å². The Morgan fingerprint density at radius 1 is 1.25 bits per heavy atom. The van der Waals surface area contributed by atoms with Gasteiger partial charge in [0.05, 0.1) is 12.7 Å². The van der Waals surface area contributed by atoms with Crippen molar-refractivity contribution in [1.82, 2.24) is 0 Å².